The zero-order chi connectivity index (χ0) is 19.4. The molecule has 2 aromatic rings. The van der Waals surface area contributed by atoms with Gasteiger partial charge in [0, 0.05) is 32.1 Å². The maximum atomic E-state index is 13.8. The molecule has 2 fully saturated rings. The predicted molar refractivity (Wildman–Crippen MR) is 110 cm³/mol. The van der Waals surface area contributed by atoms with E-state index in [-0.39, 0.29) is 5.82 Å². The molecule has 152 valence electrons. The fourth-order valence-corrected chi connectivity index (χ4v) is 5.22. The number of piperidine rings is 1. The van der Waals surface area contributed by atoms with Gasteiger partial charge in [-0.2, -0.15) is 0 Å². The fourth-order valence-electron chi connectivity index (χ4n) is 4.38. The van der Waals surface area contributed by atoms with Crippen molar-refractivity contribution in [2.75, 3.05) is 25.0 Å². The van der Waals surface area contributed by atoms with E-state index in [9.17, 15) is 9.50 Å². The molecule has 1 aliphatic heterocycles. The third-order valence-corrected chi connectivity index (χ3v) is 6.84. The molecule has 0 atom stereocenters. The Hall–Kier alpha value is -1.57. The minimum atomic E-state index is -0.473. The van der Waals surface area contributed by atoms with Crippen LogP contribution in [0.25, 0.3) is 0 Å². The number of nitrogens with zero attached hydrogens (tertiary/aromatic N) is 3. The van der Waals surface area contributed by atoms with E-state index in [1.165, 1.54) is 23.8 Å². The number of aromatic nitrogens is 2. The van der Waals surface area contributed by atoms with E-state index in [1.807, 2.05) is 6.07 Å². The second kappa shape index (κ2) is 8.84. The largest absolute Gasteiger partial charge is 0.389 e. The molecule has 0 unspecified atom stereocenters. The Morgan fingerprint density at radius 1 is 1.14 bits per heavy atom. The van der Waals surface area contributed by atoms with Crippen molar-refractivity contribution < 1.29 is 9.50 Å². The molecule has 0 bridgehead atoms. The third-order valence-electron chi connectivity index (χ3n) is 5.98. The highest BCUT2D eigenvalue weighted by atomic mass is 32.1. The lowest BCUT2D eigenvalue weighted by atomic mass is 9.84. The summed E-state index contributed by atoms with van der Waals surface area (Å²) in [6.07, 6.45) is 8.01. The summed E-state index contributed by atoms with van der Waals surface area (Å²) in [6, 6.07) is 7.19. The molecule has 28 heavy (non-hydrogen) atoms. The number of aliphatic hydroxyl groups is 1. The molecule has 2 heterocycles. The molecule has 1 saturated carbocycles. The van der Waals surface area contributed by atoms with Crippen LogP contribution in [0, 0.1) is 5.82 Å². The van der Waals surface area contributed by atoms with Crippen LogP contribution < -0.4 is 5.32 Å². The highest BCUT2D eigenvalue weighted by molar-refractivity contribution is 7.15. The number of β-amino-alcohol motifs (C(OH)–C–C–N with tert-alkyl or cyclic N) is 1. The Kier molecular flexibility index (Phi) is 6.23. The number of hydrogen-bond acceptors (Lipinski definition) is 6. The topological polar surface area (TPSA) is 61.3 Å². The summed E-state index contributed by atoms with van der Waals surface area (Å²) in [5, 5.41) is 24.4. The number of likely N-dealkylation sites (tertiary alicyclic amines) is 1. The summed E-state index contributed by atoms with van der Waals surface area (Å²) in [6.45, 7) is 2.81. The average Bonchev–Trinajstić information content (AvgIpc) is 3.12. The Morgan fingerprint density at radius 3 is 2.64 bits per heavy atom. The van der Waals surface area contributed by atoms with Crippen LogP contribution in [0.2, 0.25) is 0 Å². The molecule has 7 heteroatoms. The van der Waals surface area contributed by atoms with Gasteiger partial charge in [0.15, 0.2) is 0 Å². The summed E-state index contributed by atoms with van der Waals surface area (Å²) >= 11 is 1.51. The van der Waals surface area contributed by atoms with Crippen molar-refractivity contribution in [3.8, 4) is 0 Å². The second-order valence-corrected chi connectivity index (χ2v) is 9.31. The van der Waals surface area contributed by atoms with Crippen LogP contribution in [-0.2, 0) is 6.42 Å². The van der Waals surface area contributed by atoms with Crippen molar-refractivity contribution >= 4 is 16.5 Å². The summed E-state index contributed by atoms with van der Waals surface area (Å²) in [7, 11) is 0. The Balaban J connectivity index is 1.25. The monoisotopic (exact) mass is 404 g/mol. The maximum absolute atomic E-state index is 13.8. The van der Waals surface area contributed by atoms with E-state index >= 15 is 0 Å². The minimum absolute atomic E-state index is 0.195. The SMILES string of the molecule is OC1(CN2CCC(Nc3nnc(Cc4ccccc4F)s3)CC2)CCCCC1. The zero-order valence-electron chi connectivity index (χ0n) is 16.2. The maximum Gasteiger partial charge on any atom is 0.205 e. The third kappa shape index (κ3) is 5.07. The van der Waals surface area contributed by atoms with Gasteiger partial charge in [-0.3, -0.25) is 0 Å². The molecule has 1 saturated heterocycles. The normalized spacial score (nSPS) is 20.9. The Labute approximate surface area is 170 Å². The van der Waals surface area contributed by atoms with Gasteiger partial charge in [0.25, 0.3) is 0 Å². The van der Waals surface area contributed by atoms with Gasteiger partial charge >= 0.3 is 0 Å². The van der Waals surface area contributed by atoms with Crippen molar-refractivity contribution in [3.63, 3.8) is 0 Å². The van der Waals surface area contributed by atoms with Gasteiger partial charge in [-0.1, -0.05) is 48.8 Å². The molecule has 1 aromatic heterocycles. The number of hydrogen-bond donors (Lipinski definition) is 2. The van der Waals surface area contributed by atoms with E-state index in [1.54, 1.807) is 12.1 Å². The Bertz CT molecular complexity index is 769. The highest BCUT2D eigenvalue weighted by Gasteiger charge is 2.32. The molecule has 1 aliphatic carbocycles. The van der Waals surface area contributed by atoms with Crippen LogP contribution >= 0.6 is 11.3 Å². The van der Waals surface area contributed by atoms with Crippen molar-refractivity contribution in [1.82, 2.24) is 15.1 Å². The number of benzene rings is 1. The van der Waals surface area contributed by atoms with Crippen LogP contribution in [0.1, 0.15) is 55.5 Å². The molecule has 2 aliphatic rings. The van der Waals surface area contributed by atoms with Gasteiger partial charge in [-0.05, 0) is 37.3 Å². The summed E-state index contributed by atoms with van der Waals surface area (Å²) in [5.74, 6) is -0.195. The molecule has 1 aromatic carbocycles. The van der Waals surface area contributed by atoms with Crippen LogP contribution in [0.15, 0.2) is 24.3 Å². The molecule has 0 spiro atoms. The molecule has 0 amide bonds. The minimum Gasteiger partial charge on any atom is -0.389 e. The van der Waals surface area contributed by atoms with Crippen molar-refractivity contribution in [1.29, 1.82) is 0 Å². The summed E-state index contributed by atoms with van der Waals surface area (Å²) in [5.41, 5.74) is 0.179. The molecule has 5 nitrogen and oxygen atoms in total. The first-order valence-corrected chi connectivity index (χ1v) is 11.2. The first-order chi connectivity index (χ1) is 13.6. The van der Waals surface area contributed by atoms with Crippen LogP contribution in [0.5, 0.6) is 0 Å². The molecular weight excluding hydrogens is 375 g/mol. The quantitative estimate of drug-likeness (QED) is 0.766. The van der Waals surface area contributed by atoms with E-state index in [0.717, 1.165) is 68.3 Å². The number of halogens is 1. The van der Waals surface area contributed by atoms with Crippen molar-refractivity contribution in [2.24, 2.45) is 0 Å². The number of anilines is 1. The highest BCUT2D eigenvalue weighted by Crippen LogP contribution is 2.30. The van der Waals surface area contributed by atoms with Gasteiger partial charge in [0.2, 0.25) is 5.13 Å². The Morgan fingerprint density at radius 2 is 1.89 bits per heavy atom. The fraction of sp³-hybridized carbons (Fsp3) is 0.619. The van der Waals surface area contributed by atoms with Gasteiger partial charge in [0.05, 0.1) is 5.60 Å². The van der Waals surface area contributed by atoms with Gasteiger partial charge in [-0.25, -0.2) is 4.39 Å². The first kappa shape index (κ1) is 19.7. The average molecular weight is 405 g/mol. The van der Waals surface area contributed by atoms with E-state index in [4.69, 9.17) is 0 Å². The van der Waals surface area contributed by atoms with Gasteiger partial charge in [0.1, 0.15) is 10.8 Å². The van der Waals surface area contributed by atoms with Gasteiger partial charge < -0.3 is 15.3 Å². The van der Waals surface area contributed by atoms with E-state index in [2.05, 4.69) is 20.4 Å². The van der Waals surface area contributed by atoms with Crippen molar-refractivity contribution in [2.45, 2.75) is 63.0 Å². The van der Waals surface area contributed by atoms with Crippen LogP contribution in [0.3, 0.4) is 0 Å². The van der Waals surface area contributed by atoms with Crippen LogP contribution in [0.4, 0.5) is 9.52 Å². The number of rotatable bonds is 6. The lowest BCUT2D eigenvalue weighted by Crippen LogP contribution is -2.48. The van der Waals surface area contributed by atoms with Crippen molar-refractivity contribution in [3.05, 3.63) is 40.7 Å². The predicted octanol–water partition coefficient (Wildman–Crippen LogP) is 3.84. The number of nitrogens with one attached hydrogen (secondary N) is 1. The van der Waals surface area contributed by atoms with Crippen LogP contribution in [-0.4, -0.2) is 51.5 Å². The lowest BCUT2D eigenvalue weighted by molar-refractivity contribution is -0.0302. The second-order valence-electron chi connectivity index (χ2n) is 8.25. The van der Waals surface area contributed by atoms with E-state index in [0.29, 0.717) is 18.0 Å². The molecule has 4 rings (SSSR count). The summed E-state index contributed by atoms with van der Waals surface area (Å²) < 4.78 is 13.8. The van der Waals surface area contributed by atoms with Gasteiger partial charge in [-0.15, -0.1) is 10.2 Å². The summed E-state index contributed by atoms with van der Waals surface area (Å²) in [4.78, 5) is 2.41. The lowest BCUT2D eigenvalue weighted by Gasteiger charge is -2.40. The zero-order valence-corrected chi connectivity index (χ0v) is 17.1. The smallest absolute Gasteiger partial charge is 0.205 e. The first-order valence-electron chi connectivity index (χ1n) is 10.4. The molecule has 2 N–H and O–H groups in total. The molecule has 0 radical (unpaired) electrons. The molecular formula is C21H29FN4OS. The standard InChI is InChI=1S/C21H29FN4OS/c22-18-7-3-2-6-16(18)14-19-24-25-20(28-19)23-17-8-12-26(13-9-17)15-21(27)10-4-1-5-11-21/h2-3,6-7,17,27H,1,4-5,8-15H2,(H,23,25). The van der Waals surface area contributed by atoms with E-state index < -0.39 is 5.60 Å².